The number of hydrogen-bond donors (Lipinski definition) is 3. The molecule has 0 aromatic carbocycles. The van der Waals surface area contributed by atoms with Gasteiger partial charge in [-0.25, -0.2) is 4.79 Å². The minimum Gasteiger partial charge on any atom is -0.387 e. The highest BCUT2D eigenvalue weighted by Crippen LogP contribution is 2.51. The normalized spacial score (nSPS) is 24.4. The molecule has 0 aliphatic carbocycles. The second-order valence-electron chi connectivity index (χ2n) is 7.52. The minimum atomic E-state index is -3.44. The molecule has 0 saturated carbocycles. The summed E-state index contributed by atoms with van der Waals surface area (Å²) in [6, 6.07) is 0. The lowest BCUT2D eigenvalue weighted by atomic mass is 10.00. The number of aliphatic hydroxyl groups excluding tert-OH is 1. The zero-order valence-electron chi connectivity index (χ0n) is 18.9. The Morgan fingerprint density at radius 3 is 2.53 bits per heavy atom. The number of aromatic amines is 1. The third-order valence-corrected chi connectivity index (χ3v) is 7.41. The summed E-state index contributed by atoms with van der Waals surface area (Å²) in [7, 11) is -2.00. The van der Waals surface area contributed by atoms with Gasteiger partial charge >= 0.3 is 13.3 Å². The van der Waals surface area contributed by atoms with Crippen LogP contribution in [0.5, 0.6) is 0 Å². The molecule has 0 spiro atoms. The van der Waals surface area contributed by atoms with Crippen molar-refractivity contribution >= 4 is 13.5 Å². The highest BCUT2D eigenvalue weighted by atomic mass is 31.2. The van der Waals surface area contributed by atoms with Crippen LogP contribution in [0.15, 0.2) is 15.8 Å². The lowest BCUT2D eigenvalue weighted by Crippen LogP contribution is -2.42. The van der Waals surface area contributed by atoms with E-state index in [9.17, 15) is 24.1 Å². The van der Waals surface area contributed by atoms with E-state index in [0.29, 0.717) is 0 Å². The third kappa shape index (κ3) is 6.15. The lowest BCUT2D eigenvalue weighted by Gasteiger charge is -2.26. The number of hydrogen-bond acceptors (Lipinski definition) is 9. The molecule has 1 aromatic heterocycles. The van der Waals surface area contributed by atoms with Gasteiger partial charge in [0, 0.05) is 18.8 Å². The average Bonchev–Trinajstić information content (AvgIpc) is 3.05. The van der Waals surface area contributed by atoms with Gasteiger partial charge in [-0.05, 0) is 26.7 Å². The van der Waals surface area contributed by atoms with E-state index in [-0.39, 0.29) is 31.5 Å². The number of H-pyrrole nitrogens is 1. The van der Waals surface area contributed by atoms with Crippen LogP contribution in [0.2, 0.25) is 0 Å². The van der Waals surface area contributed by atoms with Crippen LogP contribution >= 0.6 is 7.60 Å². The number of aryl methyl sites for hydroxylation is 1. The van der Waals surface area contributed by atoms with Crippen LogP contribution in [0.1, 0.15) is 32.6 Å². The Balaban J connectivity index is 2.35. The zero-order valence-corrected chi connectivity index (χ0v) is 19.8. The third-order valence-electron chi connectivity index (χ3n) is 5.08. The smallest absolute Gasteiger partial charge is 0.331 e. The van der Waals surface area contributed by atoms with Crippen LogP contribution in [-0.2, 0) is 27.9 Å². The van der Waals surface area contributed by atoms with Crippen LogP contribution in [0.3, 0.4) is 0 Å². The summed E-state index contributed by atoms with van der Waals surface area (Å²) in [5.74, 6) is -0.959. The monoisotopic (exact) mass is 477 g/mol. The summed E-state index contributed by atoms with van der Waals surface area (Å²) >= 11 is 0. The summed E-state index contributed by atoms with van der Waals surface area (Å²) in [5.41, 5.74) is -1.05. The predicted molar refractivity (Wildman–Crippen MR) is 115 cm³/mol. The number of aromatic nitrogens is 2. The second-order valence-corrected chi connectivity index (χ2v) is 9.62. The van der Waals surface area contributed by atoms with E-state index in [2.05, 4.69) is 10.3 Å². The number of rotatable bonds is 11. The number of ether oxygens (including phenoxy) is 2. The minimum absolute atomic E-state index is 0.0369. The fourth-order valence-corrected chi connectivity index (χ4v) is 5.55. The molecule has 0 radical (unpaired) electrons. The van der Waals surface area contributed by atoms with E-state index in [0.717, 1.165) is 4.57 Å². The van der Waals surface area contributed by atoms with Gasteiger partial charge in [-0.15, -0.1) is 0 Å². The highest BCUT2D eigenvalue weighted by Gasteiger charge is 2.49. The van der Waals surface area contributed by atoms with E-state index in [1.165, 1.54) is 20.2 Å². The molecular weight excluding hydrogens is 445 g/mol. The van der Waals surface area contributed by atoms with Crippen molar-refractivity contribution in [3.05, 3.63) is 32.6 Å². The number of likely N-dealkylation sites (N-methyl/N-ethyl adjacent to an activating group) is 1. The first-order chi connectivity index (χ1) is 15.1. The first-order valence-corrected chi connectivity index (χ1v) is 12.2. The van der Waals surface area contributed by atoms with Crippen LogP contribution < -0.4 is 16.6 Å². The Bertz CT molecular complexity index is 937. The van der Waals surface area contributed by atoms with Crippen molar-refractivity contribution in [1.29, 1.82) is 0 Å². The summed E-state index contributed by atoms with van der Waals surface area (Å²) in [4.78, 5) is 38.1. The van der Waals surface area contributed by atoms with Gasteiger partial charge in [-0.1, -0.05) is 6.92 Å². The number of carbonyl (C=O) groups excluding carboxylic acids is 1. The fraction of sp³-hybridized carbons (Fsp3) is 0.737. The Morgan fingerprint density at radius 2 is 1.97 bits per heavy atom. The zero-order chi connectivity index (χ0) is 24.1. The van der Waals surface area contributed by atoms with Crippen LogP contribution in [0.4, 0.5) is 0 Å². The fourth-order valence-electron chi connectivity index (χ4n) is 3.56. The molecule has 2 rings (SSSR count). The molecule has 32 heavy (non-hydrogen) atoms. The van der Waals surface area contributed by atoms with Crippen LogP contribution in [0, 0.1) is 12.8 Å². The summed E-state index contributed by atoms with van der Waals surface area (Å²) in [5, 5.41) is 13.4. The number of amides is 1. The molecule has 2 heterocycles. The molecule has 13 heteroatoms. The lowest BCUT2D eigenvalue weighted by molar-refractivity contribution is -0.132. The van der Waals surface area contributed by atoms with Gasteiger partial charge in [0.15, 0.2) is 6.23 Å². The molecule has 1 aliphatic heterocycles. The average molecular weight is 477 g/mol. The van der Waals surface area contributed by atoms with Crippen molar-refractivity contribution in [2.45, 2.75) is 52.2 Å². The Morgan fingerprint density at radius 1 is 1.34 bits per heavy atom. The second kappa shape index (κ2) is 11.4. The van der Waals surface area contributed by atoms with Crippen molar-refractivity contribution in [2.75, 3.05) is 33.0 Å². The van der Waals surface area contributed by atoms with Gasteiger partial charge in [0.1, 0.15) is 18.8 Å². The molecule has 182 valence electrons. The molecule has 12 nitrogen and oxygen atoms in total. The summed E-state index contributed by atoms with van der Waals surface area (Å²) in [6.45, 7) is 6.60. The van der Waals surface area contributed by atoms with Gasteiger partial charge in [0.25, 0.3) is 5.56 Å². The molecule has 5 atom stereocenters. The van der Waals surface area contributed by atoms with Crippen molar-refractivity contribution in [1.82, 2.24) is 14.9 Å². The standard InChI is InChI=1S/C19H32N3O9P/c1-6-29-32(27,30-7-2)10-12(4)15-14(24)16(28-9-13(23)20-5)18(31-15)22-8-11(3)17(25)21-19(22)26/h8,12,14-16,18,24H,6-7,9-10H2,1-5H3,(H,20,23)(H,21,25,26)/t12-,14+,15+,16+,18+/m0/s1. The topological polar surface area (TPSA) is 158 Å². The van der Waals surface area contributed by atoms with E-state index < -0.39 is 55.2 Å². The molecule has 0 bridgehead atoms. The Kier molecular flexibility index (Phi) is 9.38. The molecule has 0 unspecified atom stereocenters. The molecule has 3 N–H and O–H groups in total. The molecule has 1 aliphatic rings. The molecule has 1 fully saturated rings. The van der Waals surface area contributed by atoms with Gasteiger partial charge in [-0.3, -0.25) is 23.7 Å². The van der Waals surface area contributed by atoms with E-state index in [4.69, 9.17) is 18.5 Å². The molecule has 1 aromatic rings. The first-order valence-electron chi connectivity index (χ1n) is 10.4. The van der Waals surface area contributed by atoms with Gasteiger partial charge < -0.3 is 28.9 Å². The van der Waals surface area contributed by atoms with E-state index in [1.807, 2.05) is 0 Å². The molecule has 1 amide bonds. The van der Waals surface area contributed by atoms with Crippen molar-refractivity contribution in [3.63, 3.8) is 0 Å². The van der Waals surface area contributed by atoms with Crippen molar-refractivity contribution < 1.29 is 33.0 Å². The van der Waals surface area contributed by atoms with Crippen molar-refractivity contribution in [3.8, 4) is 0 Å². The number of carbonyl (C=O) groups is 1. The first kappa shape index (κ1) is 26.4. The largest absolute Gasteiger partial charge is 0.387 e. The highest BCUT2D eigenvalue weighted by molar-refractivity contribution is 7.53. The summed E-state index contributed by atoms with van der Waals surface area (Å²) in [6.07, 6.45) is -3.17. The van der Waals surface area contributed by atoms with Crippen molar-refractivity contribution in [2.24, 2.45) is 5.92 Å². The molecule has 1 saturated heterocycles. The van der Waals surface area contributed by atoms with E-state index in [1.54, 1.807) is 20.8 Å². The van der Waals surface area contributed by atoms with Gasteiger partial charge in [0.05, 0.1) is 25.5 Å². The van der Waals surface area contributed by atoms with Gasteiger partial charge in [-0.2, -0.15) is 0 Å². The maximum atomic E-state index is 12.9. The van der Waals surface area contributed by atoms with E-state index >= 15 is 0 Å². The van der Waals surface area contributed by atoms with Crippen LogP contribution in [-0.4, -0.2) is 71.9 Å². The summed E-state index contributed by atoms with van der Waals surface area (Å²) < 4.78 is 36.3. The van der Waals surface area contributed by atoms with Gasteiger partial charge in [0.2, 0.25) is 5.91 Å². The Labute approximate surface area is 185 Å². The Hall–Kier alpha value is -1.82. The number of nitrogens with one attached hydrogen (secondary N) is 2. The predicted octanol–water partition coefficient (Wildman–Crippen LogP) is 0.137. The quantitative estimate of drug-likeness (QED) is 0.377. The maximum Gasteiger partial charge on any atom is 0.331 e. The molecular formula is C19H32N3O9P. The maximum absolute atomic E-state index is 12.9. The number of nitrogens with zero attached hydrogens (tertiary/aromatic N) is 1. The SMILES string of the molecule is CCOP(=O)(C[C@H](C)[C@H]1O[C@@H](n2cc(C)c(=O)[nH]c2=O)[C@H](OCC(=O)NC)[C@@H]1O)OCC. The number of aliphatic hydroxyl groups is 1. The van der Waals surface area contributed by atoms with Crippen LogP contribution in [0.25, 0.3) is 0 Å².